The zero-order chi connectivity index (χ0) is 21.9. The second-order valence-corrected chi connectivity index (χ2v) is 9.26. The first-order chi connectivity index (χ1) is 15.2. The fraction of sp³-hybridized carbons (Fsp3) is 0.571. The van der Waals surface area contributed by atoms with Crippen LogP contribution >= 0.6 is 0 Å². The van der Waals surface area contributed by atoms with Crippen LogP contribution in [0.2, 0.25) is 0 Å². The Hall–Kier alpha value is -1.84. The Balaban J connectivity index is 1.56. The van der Waals surface area contributed by atoms with E-state index >= 15 is 0 Å². The van der Waals surface area contributed by atoms with E-state index in [4.69, 9.17) is 4.74 Å². The lowest BCUT2D eigenvalue weighted by atomic mass is 10.0. The van der Waals surface area contributed by atoms with Crippen LogP contribution in [0.1, 0.15) is 65.7 Å². The van der Waals surface area contributed by atoms with Crippen LogP contribution in [0.4, 0.5) is 0 Å². The van der Waals surface area contributed by atoms with Crippen molar-refractivity contribution in [3.05, 3.63) is 54.1 Å². The lowest BCUT2D eigenvalue weighted by molar-refractivity contribution is 0.162. The molecule has 0 amide bonds. The summed E-state index contributed by atoms with van der Waals surface area (Å²) in [5, 5.41) is 6.26. The van der Waals surface area contributed by atoms with Crippen molar-refractivity contribution < 1.29 is 4.74 Å². The summed E-state index contributed by atoms with van der Waals surface area (Å²) in [6.45, 7) is 10.9. The number of unbranched alkanes of at least 4 members (excludes halogenated alkanes) is 4. The Morgan fingerprint density at radius 1 is 1.06 bits per heavy atom. The normalized spacial score (nSPS) is 16.3. The molecule has 3 rings (SSSR count). The molecule has 3 heteroatoms. The number of hydrogen-bond donors (Lipinski definition) is 1. The number of benzene rings is 2. The molecule has 0 aromatic heterocycles. The molecule has 170 valence electrons. The van der Waals surface area contributed by atoms with Gasteiger partial charge in [0.25, 0.3) is 0 Å². The summed E-state index contributed by atoms with van der Waals surface area (Å²) in [5.41, 5.74) is 1.38. The van der Waals surface area contributed by atoms with E-state index in [0.29, 0.717) is 18.7 Å². The molecule has 1 fully saturated rings. The van der Waals surface area contributed by atoms with Crippen molar-refractivity contribution in [2.75, 3.05) is 26.2 Å². The van der Waals surface area contributed by atoms with Crippen LogP contribution < -0.4 is 10.1 Å². The zero-order valence-corrected chi connectivity index (χ0v) is 19.9. The van der Waals surface area contributed by atoms with E-state index in [0.717, 1.165) is 18.7 Å². The minimum atomic E-state index is 0.621. The van der Waals surface area contributed by atoms with Crippen LogP contribution in [-0.4, -0.2) is 43.2 Å². The Morgan fingerprint density at radius 3 is 2.61 bits per heavy atom. The highest BCUT2D eigenvalue weighted by molar-refractivity contribution is 5.88. The van der Waals surface area contributed by atoms with Gasteiger partial charge in [-0.1, -0.05) is 68.7 Å². The van der Waals surface area contributed by atoms with Crippen molar-refractivity contribution in [2.45, 2.75) is 77.8 Å². The molecule has 1 N–H and O–H groups in total. The highest BCUT2D eigenvalue weighted by Gasteiger charge is 2.20. The summed E-state index contributed by atoms with van der Waals surface area (Å²) in [5.74, 6) is 0.986. The Morgan fingerprint density at radius 2 is 1.84 bits per heavy atom. The van der Waals surface area contributed by atoms with Crippen LogP contribution in [0, 0.1) is 0 Å². The van der Waals surface area contributed by atoms with Gasteiger partial charge < -0.3 is 15.0 Å². The molecular formula is C28H42N2O. The number of ether oxygens (including phenoxy) is 1. The number of hydrogen-bond acceptors (Lipinski definition) is 3. The van der Waals surface area contributed by atoms with E-state index < -0.39 is 0 Å². The first kappa shape index (κ1) is 23.8. The van der Waals surface area contributed by atoms with Gasteiger partial charge in [0, 0.05) is 24.0 Å². The SMILES string of the molecule is CCCCCC/C=C(/CNC1CCN(C(C)C)CC1)COc1cccc2ccccc12. The van der Waals surface area contributed by atoms with Gasteiger partial charge in [0.2, 0.25) is 0 Å². The van der Waals surface area contributed by atoms with Gasteiger partial charge in [0.1, 0.15) is 12.4 Å². The molecule has 2 aromatic rings. The first-order valence-corrected chi connectivity index (χ1v) is 12.4. The number of likely N-dealkylation sites (tertiary alicyclic amines) is 1. The molecule has 3 nitrogen and oxygen atoms in total. The minimum Gasteiger partial charge on any atom is -0.489 e. The third-order valence-electron chi connectivity index (χ3n) is 6.53. The van der Waals surface area contributed by atoms with E-state index in [2.05, 4.69) is 79.5 Å². The summed E-state index contributed by atoms with van der Waals surface area (Å²) >= 11 is 0. The van der Waals surface area contributed by atoms with Gasteiger partial charge in [-0.2, -0.15) is 0 Å². The van der Waals surface area contributed by atoms with Crippen molar-refractivity contribution in [3.63, 3.8) is 0 Å². The molecule has 31 heavy (non-hydrogen) atoms. The average Bonchev–Trinajstić information content (AvgIpc) is 2.80. The average molecular weight is 423 g/mol. The summed E-state index contributed by atoms with van der Waals surface area (Å²) in [6.07, 6.45) is 11.3. The molecule has 1 saturated heterocycles. The van der Waals surface area contributed by atoms with Gasteiger partial charge >= 0.3 is 0 Å². The monoisotopic (exact) mass is 422 g/mol. The van der Waals surface area contributed by atoms with Gasteiger partial charge in [-0.25, -0.2) is 0 Å². The number of nitrogens with one attached hydrogen (secondary N) is 1. The van der Waals surface area contributed by atoms with Crippen molar-refractivity contribution in [1.29, 1.82) is 0 Å². The summed E-state index contributed by atoms with van der Waals surface area (Å²) in [4.78, 5) is 2.59. The molecule has 0 unspecified atom stereocenters. The van der Waals surface area contributed by atoms with Crippen LogP contribution in [-0.2, 0) is 0 Å². The highest BCUT2D eigenvalue weighted by atomic mass is 16.5. The fourth-order valence-electron chi connectivity index (χ4n) is 4.45. The zero-order valence-electron chi connectivity index (χ0n) is 19.9. The molecule has 2 aromatic carbocycles. The van der Waals surface area contributed by atoms with Gasteiger partial charge in [-0.15, -0.1) is 0 Å². The maximum atomic E-state index is 6.33. The van der Waals surface area contributed by atoms with E-state index in [1.807, 2.05) is 0 Å². The number of allylic oxidation sites excluding steroid dienone is 1. The lowest BCUT2D eigenvalue weighted by Gasteiger charge is -2.35. The Kier molecular flexibility index (Phi) is 9.89. The number of fused-ring (bicyclic) bond motifs is 1. The van der Waals surface area contributed by atoms with Gasteiger partial charge in [-0.3, -0.25) is 0 Å². The van der Waals surface area contributed by atoms with Crippen molar-refractivity contribution >= 4 is 10.8 Å². The van der Waals surface area contributed by atoms with Crippen molar-refractivity contribution in [3.8, 4) is 5.75 Å². The molecule has 0 bridgehead atoms. The Bertz CT molecular complexity index is 800. The summed E-state index contributed by atoms with van der Waals surface area (Å²) in [6, 6.07) is 16.1. The maximum absolute atomic E-state index is 6.33. The Labute approximate surface area is 189 Å². The summed E-state index contributed by atoms with van der Waals surface area (Å²) in [7, 11) is 0. The molecular weight excluding hydrogens is 380 g/mol. The number of nitrogens with zero attached hydrogens (tertiary/aromatic N) is 1. The van der Waals surface area contributed by atoms with E-state index in [1.165, 1.54) is 68.0 Å². The topological polar surface area (TPSA) is 24.5 Å². The van der Waals surface area contributed by atoms with Crippen molar-refractivity contribution in [2.24, 2.45) is 0 Å². The van der Waals surface area contributed by atoms with E-state index in [1.54, 1.807) is 0 Å². The van der Waals surface area contributed by atoms with Crippen LogP contribution in [0.5, 0.6) is 5.75 Å². The quantitative estimate of drug-likeness (QED) is 0.309. The van der Waals surface area contributed by atoms with Crippen LogP contribution in [0.3, 0.4) is 0 Å². The predicted molar refractivity (Wildman–Crippen MR) is 134 cm³/mol. The van der Waals surface area contributed by atoms with Gasteiger partial charge in [0.05, 0.1) is 0 Å². The van der Waals surface area contributed by atoms with E-state index in [-0.39, 0.29) is 0 Å². The smallest absolute Gasteiger partial charge is 0.127 e. The lowest BCUT2D eigenvalue weighted by Crippen LogP contribution is -2.45. The first-order valence-electron chi connectivity index (χ1n) is 12.4. The highest BCUT2D eigenvalue weighted by Crippen LogP contribution is 2.25. The molecule has 0 radical (unpaired) electrons. The second kappa shape index (κ2) is 12.9. The van der Waals surface area contributed by atoms with Crippen LogP contribution in [0.15, 0.2) is 54.1 Å². The van der Waals surface area contributed by atoms with E-state index in [9.17, 15) is 0 Å². The standard InChI is InChI=1S/C28H42N2O/c1-4-5-6-7-8-12-24(21-29-26-17-19-30(20-18-26)23(2)3)22-31-28-16-11-14-25-13-9-10-15-27(25)28/h9-16,23,26,29H,4-8,17-22H2,1-3H3/b24-12-. The summed E-state index contributed by atoms with van der Waals surface area (Å²) < 4.78 is 6.33. The van der Waals surface area contributed by atoms with Crippen LogP contribution in [0.25, 0.3) is 10.8 Å². The second-order valence-electron chi connectivity index (χ2n) is 9.26. The largest absolute Gasteiger partial charge is 0.489 e. The molecule has 0 aliphatic carbocycles. The molecule has 1 aliphatic rings. The molecule has 1 aliphatic heterocycles. The molecule has 0 saturated carbocycles. The maximum Gasteiger partial charge on any atom is 0.127 e. The van der Waals surface area contributed by atoms with Gasteiger partial charge in [0.15, 0.2) is 0 Å². The van der Waals surface area contributed by atoms with Crippen molar-refractivity contribution in [1.82, 2.24) is 10.2 Å². The minimum absolute atomic E-state index is 0.621. The molecule has 1 heterocycles. The third kappa shape index (κ3) is 7.66. The van der Waals surface area contributed by atoms with Gasteiger partial charge in [-0.05, 0) is 69.6 Å². The predicted octanol–water partition coefficient (Wildman–Crippen LogP) is 6.58. The third-order valence-corrected chi connectivity index (χ3v) is 6.53. The molecule has 0 atom stereocenters. The fourth-order valence-corrected chi connectivity index (χ4v) is 4.45. The molecule has 0 spiro atoms. The number of rotatable bonds is 12. The number of piperidine rings is 1.